The number of rotatable bonds is 8. The lowest BCUT2D eigenvalue weighted by atomic mass is 10.3. The number of nitrogens with zero attached hydrogens (tertiary/aromatic N) is 3. The van der Waals surface area contributed by atoms with E-state index in [4.69, 9.17) is 14.5 Å². The second kappa shape index (κ2) is 9.05. The van der Waals surface area contributed by atoms with Gasteiger partial charge in [-0.1, -0.05) is 12.1 Å². The van der Waals surface area contributed by atoms with E-state index >= 15 is 0 Å². The summed E-state index contributed by atoms with van der Waals surface area (Å²) in [6, 6.07) is 4.23. The molecule has 0 aliphatic carbocycles. The zero-order valence-corrected chi connectivity index (χ0v) is 16.5. The molecular weight excluding hydrogens is 429 g/mol. The van der Waals surface area contributed by atoms with Gasteiger partial charge in [-0.15, -0.1) is 0 Å². The molecule has 2 aromatic rings. The average Bonchev–Trinajstić information content (AvgIpc) is 3.08. The van der Waals surface area contributed by atoms with Crippen LogP contribution in [0.4, 0.5) is 15.9 Å². The SMILES string of the molecule is CC[SH](=N)(N)CCCNc1nonc1/C(=N/O)Nc1ccc(F)c(Br)c1. The van der Waals surface area contributed by atoms with Gasteiger partial charge < -0.3 is 15.8 Å². The van der Waals surface area contributed by atoms with Crippen LogP contribution < -0.4 is 15.8 Å². The molecule has 0 radical (unpaired) electrons. The summed E-state index contributed by atoms with van der Waals surface area (Å²) in [5.74, 6) is 1.15. The minimum atomic E-state index is -2.08. The molecule has 0 amide bonds. The Bertz CT molecular complexity index is 829. The van der Waals surface area contributed by atoms with E-state index in [-0.39, 0.29) is 21.8 Å². The molecule has 0 spiro atoms. The molecule has 0 aliphatic rings. The highest BCUT2D eigenvalue weighted by molar-refractivity contribution is 9.10. The first-order valence-electron chi connectivity index (χ1n) is 7.78. The van der Waals surface area contributed by atoms with Crippen molar-refractivity contribution < 1.29 is 14.2 Å². The van der Waals surface area contributed by atoms with Crippen molar-refractivity contribution in [2.45, 2.75) is 13.3 Å². The zero-order chi connectivity index (χ0) is 19.2. The van der Waals surface area contributed by atoms with Crippen LogP contribution in [0.1, 0.15) is 19.0 Å². The molecule has 0 unspecified atom stereocenters. The molecule has 0 atom stereocenters. The highest BCUT2D eigenvalue weighted by Crippen LogP contribution is 2.21. The van der Waals surface area contributed by atoms with Gasteiger partial charge in [-0.25, -0.2) is 9.02 Å². The Balaban J connectivity index is 2.02. The van der Waals surface area contributed by atoms with Gasteiger partial charge in [-0.3, -0.25) is 9.92 Å². The Morgan fingerprint density at radius 3 is 2.92 bits per heavy atom. The number of hydrogen-bond acceptors (Lipinski definition) is 7. The van der Waals surface area contributed by atoms with Crippen LogP contribution in [-0.2, 0) is 10.0 Å². The van der Waals surface area contributed by atoms with E-state index < -0.39 is 15.8 Å². The van der Waals surface area contributed by atoms with Gasteiger partial charge in [-0.05, 0) is 62.4 Å². The molecule has 144 valence electrons. The minimum Gasteiger partial charge on any atom is -0.409 e. The van der Waals surface area contributed by atoms with Crippen LogP contribution in [0.25, 0.3) is 0 Å². The molecule has 1 heterocycles. The number of oxime groups is 1. The van der Waals surface area contributed by atoms with Crippen molar-refractivity contribution in [3.63, 3.8) is 0 Å². The first-order valence-corrected chi connectivity index (χ1v) is 10.8. The number of aromatic nitrogens is 2. The van der Waals surface area contributed by atoms with Crippen molar-refractivity contribution >= 4 is 43.3 Å². The fourth-order valence-electron chi connectivity index (χ4n) is 2.03. The van der Waals surface area contributed by atoms with Crippen molar-refractivity contribution in [3.8, 4) is 0 Å². The maximum Gasteiger partial charge on any atom is 0.203 e. The van der Waals surface area contributed by atoms with E-state index in [2.05, 4.69) is 42.0 Å². The van der Waals surface area contributed by atoms with Crippen LogP contribution in [0.15, 0.2) is 32.5 Å². The van der Waals surface area contributed by atoms with Gasteiger partial charge in [0.2, 0.25) is 11.7 Å². The number of amidine groups is 1. The van der Waals surface area contributed by atoms with Crippen molar-refractivity contribution in [1.82, 2.24) is 10.3 Å². The first kappa shape index (κ1) is 20.3. The fourth-order valence-corrected chi connectivity index (χ4v) is 3.45. The number of nitrogens with one attached hydrogen (secondary N) is 3. The zero-order valence-electron chi connectivity index (χ0n) is 14.0. The Kier molecular flexibility index (Phi) is 7.06. The van der Waals surface area contributed by atoms with Crippen LogP contribution >= 0.6 is 15.9 Å². The standard InChI is InChI=1S/C14H21BrFN7O2S/c1-2-26(17,18)7-3-6-19-13-12(22-25-23-13)14(21-24)20-9-4-5-11(16)10(15)8-9/h4-5,8,24,26H,2-3,6-7H2,1H3,(H3,17,18)(H,19,23)(H,20,21). The number of thiol groups is 1. The van der Waals surface area contributed by atoms with E-state index in [1.807, 2.05) is 6.92 Å². The van der Waals surface area contributed by atoms with Gasteiger partial charge >= 0.3 is 0 Å². The molecule has 12 heteroatoms. The third kappa shape index (κ3) is 5.47. The Hall–Kier alpha value is -2.05. The summed E-state index contributed by atoms with van der Waals surface area (Å²) >= 11 is 3.09. The Labute approximate surface area is 159 Å². The van der Waals surface area contributed by atoms with Crippen molar-refractivity contribution in [2.75, 3.05) is 28.7 Å². The lowest BCUT2D eigenvalue weighted by Gasteiger charge is -2.19. The molecule has 0 saturated heterocycles. The Morgan fingerprint density at radius 2 is 2.27 bits per heavy atom. The summed E-state index contributed by atoms with van der Waals surface area (Å²) in [5, 5.41) is 31.7. The highest BCUT2D eigenvalue weighted by Gasteiger charge is 2.18. The van der Waals surface area contributed by atoms with Crippen molar-refractivity contribution in [1.29, 1.82) is 4.78 Å². The van der Waals surface area contributed by atoms with Gasteiger partial charge in [0.05, 0.1) is 4.47 Å². The van der Waals surface area contributed by atoms with Gasteiger partial charge in [0, 0.05) is 12.2 Å². The number of anilines is 2. The molecule has 26 heavy (non-hydrogen) atoms. The molecule has 6 N–H and O–H groups in total. The number of halogens is 2. The fraction of sp³-hybridized carbons (Fsp3) is 0.357. The summed E-state index contributed by atoms with van der Waals surface area (Å²) in [6.07, 6.45) is 0.692. The molecule has 0 bridgehead atoms. The van der Waals surface area contributed by atoms with E-state index in [1.165, 1.54) is 18.2 Å². The second-order valence-corrected chi connectivity index (χ2v) is 9.52. The highest BCUT2D eigenvalue weighted by atomic mass is 79.9. The van der Waals surface area contributed by atoms with Crippen molar-refractivity contribution in [3.05, 3.63) is 34.2 Å². The molecule has 1 aromatic heterocycles. The summed E-state index contributed by atoms with van der Waals surface area (Å²) in [6.45, 7) is 2.43. The van der Waals surface area contributed by atoms with Gasteiger partial charge in [0.25, 0.3) is 0 Å². The quantitative estimate of drug-likeness (QED) is 0.0905. The summed E-state index contributed by atoms with van der Waals surface area (Å²) in [5.41, 5.74) is 0.651. The van der Waals surface area contributed by atoms with Gasteiger partial charge in [0.1, 0.15) is 5.82 Å². The van der Waals surface area contributed by atoms with Gasteiger partial charge in [0.15, 0.2) is 5.69 Å². The normalized spacial score (nSPS) is 12.8. The van der Waals surface area contributed by atoms with Crippen LogP contribution in [0.5, 0.6) is 0 Å². The summed E-state index contributed by atoms with van der Waals surface area (Å²) in [7, 11) is -2.08. The number of hydrogen-bond donors (Lipinski definition) is 6. The monoisotopic (exact) mass is 449 g/mol. The van der Waals surface area contributed by atoms with Crippen LogP contribution in [0.2, 0.25) is 0 Å². The predicted molar refractivity (Wildman–Crippen MR) is 105 cm³/mol. The van der Waals surface area contributed by atoms with E-state index in [0.29, 0.717) is 30.2 Å². The molecule has 0 fully saturated rings. The molecule has 2 rings (SSSR count). The molecule has 0 aliphatic heterocycles. The number of nitrogens with two attached hydrogens (primary N) is 1. The second-order valence-electron chi connectivity index (χ2n) is 5.52. The third-order valence-corrected chi connectivity index (χ3v) is 6.44. The number of benzene rings is 1. The topological polar surface area (TPSA) is 145 Å². The van der Waals surface area contributed by atoms with Crippen LogP contribution in [0.3, 0.4) is 0 Å². The van der Waals surface area contributed by atoms with E-state index in [1.54, 1.807) is 0 Å². The lowest BCUT2D eigenvalue weighted by Crippen LogP contribution is -2.28. The largest absolute Gasteiger partial charge is 0.409 e. The van der Waals surface area contributed by atoms with E-state index in [0.717, 1.165) is 0 Å². The minimum absolute atomic E-state index is 0.0121. The smallest absolute Gasteiger partial charge is 0.203 e. The molecule has 9 nitrogen and oxygen atoms in total. The Morgan fingerprint density at radius 1 is 1.50 bits per heavy atom. The predicted octanol–water partition coefficient (Wildman–Crippen LogP) is 2.56. The molecule has 1 aromatic carbocycles. The first-order chi connectivity index (χ1) is 12.4. The third-order valence-electron chi connectivity index (χ3n) is 3.59. The van der Waals surface area contributed by atoms with Crippen LogP contribution in [-0.4, -0.2) is 39.4 Å². The van der Waals surface area contributed by atoms with Crippen LogP contribution in [0, 0.1) is 10.6 Å². The maximum atomic E-state index is 13.3. The molecule has 0 saturated carbocycles. The van der Waals surface area contributed by atoms with E-state index in [9.17, 15) is 9.60 Å². The maximum absolute atomic E-state index is 13.3. The van der Waals surface area contributed by atoms with Gasteiger partial charge in [-0.2, -0.15) is 10.0 Å². The lowest BCUT2D eigenvalue weighted by molar-refractivity contribution is 0.305. The summed E-state index contributed by atoms with van der Waals surface area (Å²) < 4.78 is 26.2. The summed E-state index contributed by atoms with van der Waals surface area (Å²) in [4.78, 5) is 0. The van der Waals surface area contributed by atoms with Crippen molar-refractivity contribution in [2.24, 2.45) is 10.3 Å². The average molecular weight is 450 g/mol. The molecular formula is C14H21BrFN7O2S.